The quantitative estimate of drug-likeness (QED) is 0.602. The van der Waals surface area contributed by atoms with Gasteiger partial charge < -0.3 is 10.6 Å². The van der Waals surface area contributed by atoms with E-state index in [2.05, 4.69) is 15.6 Å². The smallest absolute Gasteiger partial charge is 0.153 e. The number of anilines is 1. The lowest BCUT2D eigenvalue weighted by molar-refractivity contribution is 0.112. The van der Waals surface area contributed by atoms with E-state index in [9.17, 15) is 4.79 Å². The molecule has 1 aromatic rings. The molecule has 1 aliphatic heterocycles. The number of rotatable bonds is 3. The number of aldehydes is 1. The van der Waals surface area contributed by atoms with Crippen LogP contribution in [0.1, 0.15) is 16.8 Å². The van der Waals surface area contributed by atoms with Crippen LogP contribution in [-0.4, -0.2) is 30.4 Å². The molecule has 0 spiro atoms. The highest BCUT2D eigenvalue weighted by atomic mass is 35.5. The van der Waals surface area contributed by atoms with Gasteiger partial charge in [-0.2, -0.15) is 0 Å². The summed E-state index contributed by atoms with van der Waals surface area (Å²) in [6.07, 6.45) is 3.33. The van der Waals surface area contributed by atoms with E-state index >= 15 is 0 Å². The van der Waals surface area contributed by atoms with E-state index in [1.165, 1.54) is 6.20 Å². The van der Waals surface area contributed by atoms with Crippen LogP contribution in [0.5, 0.6) is 0 Å². The third kappa shape index (κ3) is 2.46. The van der Waals surface area contributed by atoms with Gasteiger partial charge >= 0.3 is 0 Å². The van der Waals surface area contributed by atoms with Crippen molar-refractivity contribution in [2.75, 3.05) is 18.4 Å². The summed E-state index contributed by atoms with van der Waals surface area (Å²) in [6.45, 7) is 1.92. The molecule has 2 heterocycles. The first-order valence-corrected chi connectivity index (χ1v) is 5.25. The molecule has 0 unspecified atom stereocenters. The second-order valence-electron chi connectivity index (χ2n) is 3.55. The van der Waals surface area contributed by atoms with E-state index in [4.69, 9.17) is 11.6 Å². The SMILES string of the molecule is O=Cc1cnc(Cl)cc1N[C@H]1CCNC1. The number of pyridine rings is 1. The Bertz CT molecular complexity index is 364. The van der Waals surface area contributed by atoms with E-state index in [-0.39, 0.29) is 0 Å². The molecule has 2 rings (SSSR count). The van der Waals surface area contributed by atoms with E-state index in [0.29, 0.717) is 16.8 Å². The molecule has 1 saturated heterocycles. The molecule has 1 aliphatic rings. The number of aromatic nitrogens is 1. The van der Waals surface area contributed by atoms with Gasteiger partial charge in [0.05, 0.1) is 5.56 Å². The van der Waals surface area contributed by atoms with Gasteiger partial charge in [-0.15, -0.1) is 0 Å². The van der Waals surface area contributed by atoms with Gasteiger partial charge in [0, 0.05) is 24.5 Å². The Labute approximate surface area is 93.0 Å². The minimum atomic E-state index is 0.363. The van der Waals surface area contributed by atoms with Gasteiger partial charge in [0.1, 0.15) is 5.15 Å². The van der Waals surface area contributed by atoms with Crippen LogP contribution < -0.4 is 10.6 Å². The fourth-order valence-corrected chi connectivity index (χ4v) is 1.82. The zero-order valence-corrected chi connectivity index (χ0v) is 8.92. The highest BCUT2D eigenvalue weighted by Gasteiger charge is 2.15. The van der Waals surface area contributed by atoms with Gasteiger partial charge in [0.25, 0.3) is 0 Å². The summed E-state index contributed by atoms with van der Waals surface area (Å²) in [7, 11) is 0. The van der Waals surface area contributed by atoms with Crippen LogP contribution in [0.2, 0.25) is 5.15 Å². The summed E-state index contributed by atoms with van der Waals surface area (Å²) in [5.74, 6) is 0. The molecule has 0 radical (unpaired) electrons. The number of carbonyl (C=O) groups is 1. The van der Waals surface area contributed by atoms with Gasteiger partial charge in [-0.1, -0.05) is 11.6 Å². The van der Waals surface area contributed by atoms with Crippen LogP contribution in [0, 0.1) is 0 Å². The molecule has 15 heavy (non-hydrogen) atoms. The number of nitrogens with one attached hydrogen (secondary N) is 2. The van der Waals surface area contributed by atoms with Crippen molar-refractivity contribution in [1.29, 1.82) is 0 Å². The molecular formula is C10H12ClN3O. The zero-order valence-electron chi connectivity index (χ0n) is 8.16. The summed E-state index contributed by atoms with van der Waals surface area (Å²) < 4.78 is 0. The first-order valence-electron chi connectivity index (χ1n) is 4.87. The first-order chi connectivity index (χ1) is 7.29. The van der Waals surface area contributed by atoms with Crippen molar-refractivity contribution in [3.05, 3.63) is 23.0 Å². The molecule has 1 aromatic heterocycles. The molecule has 1 atom stereocenters. The minimum absolute atomic E-state index is 0.363. The third-order valence-electron chi connectivity index (χ3n) is 2.45. The lowest BCUT2D eigenvalue weighted by atomic mass is 10.2. The molecule has 0 bridgehead atoms. The van der Waals surface area contributed by atoms with E-state index in [1.807, 2.05) is 0 Å². The minimum Gasteiger partial charge on any atom is -0.380 e. The summed E-state index contributed by atoms with van der Waals surface area (Å²) in [5.41, 5.74) is 1.31. The second-order valence-corrected chi connectivity index (χ2v) is 3.93. The Morgan fingerprint density at radius 2 is 2.53 bits per heavy atom. The topological polar surface area (TPSA) is 54.0 Å². The van der Waals surface area contributed by atoms with Crippen LogP contribution in [-0.2, 0) is 0 Å². The standard InChI is InChI=1S/C10H12ClN3O/c11-10-3-9(7(6-15)4-13-10)14-8-1-2-12-5-8/h3-4,6,8,12H,1-2,5H2,(H,13,14)/t8-/m0/s1. The zero-order chi connectivity index (χ0) is 10.7. The Morgan fingerprint density at radius 1 is 1.67 bits per heavy atom. The Balaban J connectivity index is 2.17. The number of halogens is 1. The molecule has 1 fully saturated rings. The van der Waals surface area contributed by atoms with Crippen LogP contribution in [0.25, 0.3) is 0 Å². The highest BCUT2D eigenvalue weighted by Crippen LogP contribution is 2.19. The Morgan fingerprint density at radius 3 is 3.20 bits per heavy atom. The Hall–Kier alpha value is -1.13. The molecule has 80 valence electrons. The predicted molar refractivity (Wildman–Crippen MR) is 59.5 cm³/mol. The molecular weight excluding hydrogens is 214 g/mol. The normalized spacial score (nSPS) is 20.2. The van der Waals surface area contributed by atoms with Crippen molar-refractivity contribution < 1.29 is 4.79 Å². The van der Waals surface area contributed by atoms with Crippen LogP contribution in [0.15, 0.2) is 12.3 Å². The van der Waals surface area contributed by atoms with Gasteiger partial charge in [0.2, 0.25) is 0 Å². The molecule has 0 aromatic carbocycles. The van der Waals surface area contributed by atoms with Crippen molar-refractivity contribution in [2.24, 2.45) is 0 Å². The second kappa shape index (κ2) is 4.59. The van der Waals surface area contributed by atoms with Gasteiger partial charge in [-0.05, 0) is 19.0 Å². The van der Waals surface area contributed by atoms with Crippen molar-refractivity contribution in [3.63, 3.8) is 0 Å². The average molecular weight is 226 g/mol. The van der Waals surface area contributed by atoms with Crippen LogP contribution in [0.3, 0.4) is 0 Å². The summed E-state index contributed by atoms with van der Waals surface area (Å²) in [5, 5.41) is 6.93. The third-order valence-corrected chi connectivity index (χ3v) is 2.66. The maximum atomic E-state index is 10.8. The van der Waals surface area contributed by atoms with E-state index < -0.39 is 0 Å². The van der Waals surface area contributed by atoms with Crippen molar-refractivity contribution >= 4 is 23.6 Å². The monoisotopic (exact) mass is 225 g/mol. The van der Waals surface area contributed by atoms with Gasteiger partial charge in [0.15, 0.2) is 6.29 Å². The molecule has 0 saturated carbocycles. The van der Waals surface area contributed by atoms with Crippen LogP contribution >= 0.6 is 11.6 Å². The Kier molecular flexibility index (Phi) is 3.18. The lowest BCUT2D eigenvalue weighted by Gasteiger charge is -2.14. The summed E-state index contributed by atoms with van der Waals surface area (Å²) >= 11 is 5.78. The van der Waals surface area contributed by atoms with Crippen molar-refractivity contribution in [1.82, 2.24) is 10.3 Å². The average Bonchev–Trinajstić information content (AvgIpc) is 2.71. The van der Waals surface area contributed by atoms with E-state index in [0.717, 1.165) is 31.5 Å². The predicted octanol–water partition coefficient (Wildman–Crippen LogP) is 1.32. The van der Waals surface area contributed by atoms with Crippen molar-refractivity contribution in [3.8, 4) is 0 Å². The number of hydrogen-bond donors (Lipinski definition) is 2. The molecule has 0 aliphatic carbocycles. The van der Waals surface area contributed by atoms with Crippen LogP contribution in [0.4, 0.5) is 5.69 Å². The fraction of sp³-hybridized carbons (Fsp3) is 0.400. The number of nitrogens with zero attached hydrogens (tertiary/aromatic N) is 1. The number of hydrogen-bond acceptors (Lipinski definition) is 4. The lowest BCUT2D eigenvalue weighted by Crippen LogP contribution is -2.22. The summed E-state index contributed by atoms with van der Waals surface area (Å²) in [4.78, 5) is 14.6. The molecule has 5 heteroatoms. The highest BCUT2D eigenvalue weighted by molar-refractivity contribution is 6.29. The van der Waals surface area contributed by atoms with E-state index in [1.54, 1.807) is 6.07 Å². The largest absolute Gasteiger partial charge is 0.380 e. The maximum absolute atomic E-state index is 10.8. The molecule has 4 nitrogen and oxygen atoms in total. The van der Waals surface area contributed by atoms with Crippen molar-refractivity contribution in [2.45, 2.75) is 12.5 Å². The first kappa shape index (κ1) is 10.4. The molecule has 0 amide bonds. The van der Waals surface area contributed by atoms with Gasteiger partial charge in [-0.25, -0.2) is 4.98 Å². The maximum Gasteiger partial charge on any atom is 0.153 e. The molecule has 2 N–H and O–H groups in total. The fourth-order valence-electron chi connectivity index (χ4n) is 1.66. The van der Waals surface area contributed by atoms with Gasteiger partial charge in [-0.3, -0.25) is 4.79 Å². The number of carbonyl (C=O) groups excluding carboxylic acids is 1. The summed E-state index contributed by atoms with van der Waals surface area (Å²) in [6, 6.07) is 2.05.